The van der Waals surface area contributed by atoms with Crippen molar-refractivity contribution in [1.29, 1.82) is 0 Å². The van der Waals surface area contributed by atoms with Crippen LogP contribution in [-0.4, -0.2) is 56.6 Å². The fourth-order valence-electron chi connectivity index (χ4n) is 4.19. The molecule has 1 N–H and O–H groups in total. The molecule has 26 heavy (non-hydrogen) atoms. The lowest BCUT2D eigenvalue weighted by Gasteiger charge is -2.26. The molecule has 8 heteroatoms. The van der Waals surface area contributed by atoms with Crippen molar-refractivity contribution in [2.75, 3.05) is 26.2 Å². The average molecular weight is 370 g/mol. The second-order valence-electron chi connectivity index (χ2n) is 7.28. The zero-order chi connectivity index (χ0) is 17.8. The lowest BCUT2D eigenvalue weighted by Crippen LogP contribution is -2.46. The van der Waals surface area contributed by atoms with Crippen molar-refractivity contribution in [3.63, 3.8) is 0 Å². The summed E-state index contributed by atoms with van der Waals surface area (Å²) in [5.41, 5.74) is 2.17. The van der Waals surface area contributed by atoms with Crippen molar-refractivity contribution in [1.82, 2.24) is 29.8 Å². The minimum absolute atomic E-state index is 0.0834. The molecular weight excluding hydrogens is 348 g/mol. The van der Waals surface area contributed by atoms with Crippen LogP contribution < -0.4 is 5.32 Å². The Morgan fingerprint density at radius 1 is 1.27 bits per heavy atom. The largest absolute Gasteiger partial charge is 0.333 e. The number of nitrogens with zero attached hydrogens (tertiary/aromatic N) is 5. The van der Waals surface area contributed by atoms with Crippen LogP contribution in [-0.2, 0) is 6.42 Å². The molecule has 3 aromatic rings. The van der Waals surface area contributed by atoms with Crippen molar-refractivity contribution < 1.29 is 4.79 Å². The van der Waals surface area contributed by atoms with E-state index in [-0.39, 0.29) is 11.7 Å². The van der Waals surface area contributed by atoms with Gasteiger partial charge < -0.3 is 10.2 Å². The number of carbonyl (C=O) groups excluding carboxylic acids is 1. The van der Waals surface area contributed by atoms with Crippen LogP contribution in [0.3, 0.4) is 0 Å². The molecule has 0 aromatic carbocycles. The molecular formula is C18H22N6OS. The van der Waals surface area contributed by atoms with Crippen LogP contribution >= 0.6 is 11.3 Å². The molecule has 7 nitrogen and oxygen atoms in total. The van der Waals surface area contributed by atoms with Crippen LogP contribution in [0.25, 0.3) is 15.9 Å². The Labute approximate surface area is 155 Å². The number of carbonyl (C=O) groups is 1. The fraction of sp³-hybridized carbons (Fsp3) is 0.556. The summed E-state index contributed by atoms with van der Waals surface area (Å²) in [4.78, 5) is 26.6. The van der Waals surface area contributed by atoms with Crippen molar-refractivity contribution in [2.24, 2.45) is 0 Å². The van der Waals surface area contributed by atoms with Gasteiger partial charge in [-0.2, -0.15) is 4.52 Å². The van der Waals surface area contributed by atoms with E-state index in [2.05, 4.69) is 17.3 Å². The van der Waals surface area contributed by atoms with Gasteiger partial charge in [-0.15, -0.1) is 16.4 Å². The number of rotatable bonds is 1. The van der Waals surface area contributed by atoms with Gasteiger partial charge in [-0.3, -0.25) is 4.79 Å². The maximum atomic E-state index is 12.9. The summed E-state index contributed by atoms with van der Waals surface area (Å²) in [5, 5.41) is 8.90. The summed E-state index contributed by atoms with van der Waals surface area (Å²) < 4.78 is 1.76. The first-order valence-corrected chi connectivity index (χ1v) is 10.1. The van der Waals surface area contributed by atoms with Gasteiger partial charge in [-0.1, -0.05) is 6.92 Å². The van der Waals surface area contributed by atoms with Gasteiger partial charge in [0.2, 0.25) is 5.82 Å². The molecule has 0 bridgehead atoms. The number of hydrogen-bond donors (Lipinski definition) is 1. The van der Waals surface area contributed by atoms with Crippen molar-refractivity contribution in [3.8, 4) is 0 Å². The number of thiophene rings is 1. The second kappa shape index (κ2) is 5.99. The standard InChI is InChI=1S/C18H22N6OS/c1-10-4-3-5-12-13(10)14-16-21-15(18(25)23-8-6-19-7-9-23)22-24(16)11(2)20-17(14)26-12/h10,19H,3-9H2,1-2H3. The molecule has 0 spiro atoms. The SMILES string of the molecule is Cc1nc2sc3c(c2c2nc(C(=O)N4CCNCC4)nn12)C(C)CCC3. The smallest absolute Gasteiger partial charge is 0.293 e. The quantitative estimate of drug-likeness (QED) is 0.710. The van der Waals surface area contributed by atoms with Crippen LogP contribution in [0.15, 0.2) is 0 Å². The van der Waals surface area contributed by atoms with Gasteiger partial charge >= 0.3 is 0 Å². The van der Waals surface area contributed by atoms with Gasteiger partial charge in [-0.25, -0.2) is 9.97 Å². The first kappa shape index (κ1) is 16.1. The second-order valence-corrected chi connectivity index (χ2v) is 8.37. The molecule has 1 unspecified atom stereocenters. The molecule has 0 saturated carbocycles. The van der Waals surface area contributed by atoms with E-state index < -0.39 is 0 Å². The first-order chi connectivity index (χ1) is 12.6. The van der Waals surface area contributed by atoms with Gasteiger partial charge in [0, 0.05) is 31.1 Å². The number of aryl methyl sites for hydroxylation is 2. The molecule has 1 aliphatic heterocycles. The van der Waals surface area contributed by atoms with Gasteiger partial charge in [0.25, 0.3) is 5.91 Å². The van der Waals surface area contributed by atoms with Gasteiger partial charge in [0.15, 0.2) is 5.65 Å². The zero-order valence-corrected chi connectivity index (χ0v) is 15.9. The van der Waals surface area contributed by atoms with E-state index in [4.69, 9.17) is 9.97 Å². The zero-order valence-electron chi connectivity index (χ0n) is 15.1. The third-order valence-electron chi connectivity index (χ3n) is 5.53. The van der Waals surface area contributed by atoms with E-state index in [0.29, 0.717) is 19.0 Å². The lowest BCUT2D eigenvalue weighted by atomic mass is 9.87. The first-order valence-electron chi connectivity index (χ1n) is 9.32. The lowest BCUT2D eigenvalue weighted by molar-refractivity contribution is 0.0723. The Bertz CT molecular complexity index is 1020. The minimum atomic E-state index is -0.0834. The Morgan fingerprint density at radius 2 is 2.08 bits per heavy atom. The highest BCUT2D eigenvalue weighted by atomic mass is 32.1. The number of aromatic nitrogens is 4. The van der Waals surface area contributed by atoms with Crippen molar-refractivity contribution in [2.45, 2.75) is 39.0 Å². The number of piperazine rings is 1. The summed E-state index contributed by atoms with van der Waals surface area (Å²) in [6.07, 6.45) is 3.54. The predicted molar refractivity (Wildman–Crippen MR) is 101 cm³/mol. The van der Waals surface area contributed by atoms with E-state index in [9.17, 15) is 4.79 Å². The Morgan fingerprint density at radius 3 is 2.88 bits per heavy atom. The van der Waals surface area contributed by atoms with Gasteiger partial charge in [0.05, 0.1) is 5.39 Å². The molecule has 2 aliphatic rings. The predicted octanol–water partition coefficient (Wildman–Crippen LogP) is 2.13. The summed E-state index contributed by atoms with van der Waals surface area (Å²) >= 11 is 1.78. The highest BCUT2D eigenvalue weighted by Gasteiger charge is 2.28. The number of nitrogens with one attached hydrogen (secondary N) is 1. The number of amides is 1. The van der Waals surface area contributed by atoms with Crippen LogP contribution in [0.1, 0.15) is 52.6 Å². The number of fused-ring (bicyclic) bond motifs is 5. The molecule has 0 radical (unpaired) electrons. The molecule has 1 amide bonds. The Balaban J connectivity index is 1.69. The Hall–Kier alpha value is -2.06. The van der Waals surface area contributed by atoms with E-state index >= 15 is 0 Å². The Kier molecular flexibility index (Phi) is 3.72. The summed E-state index contributed by atoms with van der Waals surface area (Å²) in [5.74, 6) is 1.49. The molecule has 1 fully saturated rings. The summed E-state index contributed by atoms with van der Waals surface area (Å²) in [7, 11) is 0. The number of hydrogen-bond acceptors (Lipinski definition) is 6. The molecule has 5 rings (SSSR count). The van der Waals surface area contributed by atoms with Crippen LogP contribution in [0.2, 0.25) is 0 Å². The maximum absolute atomic E-state index is 12.9. The summed E-state index contributed by atoms with van der Waals surface area (Å²) in [6.45, 7) is 7.25. The van der Waals surface area contributed by atoms with Gasteiger partial charge in [0.1, 0.15) is 10.7 Å². The molecule has 3 aromatic heterocycles. The molecule has 1 atom stereocenters. The van der Waals surface area contributed by atoms with Crippen LogP contribution in [0.4, 0.5) is 0 Å². The molecule has 1 aliphatic carbocycles. The monoisotopic (exact) mass is 370 g/mol. The minimum Gasteiger partial charge on any atom is -0.333 e. The van der Waals surface area contributed by atoms with E-state index in [1.54, 1.807) is 15.9 Å². The highest BCUT2D eigenvalue weighted by Crippen LogP contribution is 2.42. The van der Waals surface area contributed by atoms with Crippen LogP contribution in [0, 0.1) is 6.92 Å². The van der Waals surface area contributed by atoms with E-state index in [1.165, 1.54) is 23.3 Å². The van der Waals surface area contributed by atoms with Crippen molar-refractivity contribution in [3.05, 3.63) is 22.1 Å². The third-order valence-corrected chi connectivity index (χ3v) is 6.69. The normalized spacial score (nSPS) is 20.7. The topological polar surface area (TPSA) is 75.4 Å². The molecule has 1 saturated heterocycles. The third kappa shape index (κ3) is 2.35. The van der Waals surface area contributed by atoms with Gasteiger partial charge in [-0.05, 0) is 37.7 Å². The fourth-order valence-corrected chi connectivity index (χ4v) is 5.56. The summed E-state index contributed by atoms with van der Waals surface area (Å²) in [6, 6.07) is 0. The van der Waals surface area contributed by atoms with Crippen molar-refractivity contribution >= 4 is 33.1 Å². The van der Waals surface area contributed by atoms with E-state index in [0.717, 1.165) is 41.2 Å². The average Bonchev–Trinajstić information content (AvgIpc) is 3.24. The molecule has 136 valence electrons. The maximum Gasteiger partial charge on any atom is 0.293 e. The molecule has 4 heterocycles. The van der Waals surface area contributed by atoms with E-state index in [1.807, 2.05) is 11.8 Å². The highest BCUT2D eigenvalue weighted by molar-refractivity contribution is 7.19. The van der Waals surface area contributed by atoms with Crippen LogP contribution in [0.5, 0.6) is 0 Å².